The SMILES string of the molecule is [2H]C1(N(Cc2ccccc2OC/C=C/CCC(=O)O)C(=O)c2ccc(-c3ccco3)cc2)CC1. The van der Waals surface area contributed by atoms with Crippen LogP contribution in [0.15, 0.2) is 83.5 Å². The van der Waals surface area contributed by atoms with Crippen LogP contribution in [0.1, 0.15) is 43.0 Å². The number of carboxylic acid groups (broad SMARTS) is 1. The lowest BCUT2D eigenvalue weighted by molar-refractivity contribution is -0.136. The second kappa shape index (κ2) is 10.7. The number of benzene rings is 2. The molecule has 1 amide bonds. The Kier molecular flexibility index (Phi) is 6.82. The largest absolute Gasteiger partial charge is 0.489 e. The van der Waals surface area contributed by atoms with Crippen molar-refractivity contribution < 1.29 is 25.2 Å². The second-order valence-electron chi connectivity index (χ2n) is 7.83. The van der Waals surface area contributed by atoms with E-state index in [9.17, 15) is 9.59 Å². The third kappa shape index (κ3) is 6.13. The van der Waals surface area contributed by atoms with Crippen LogP contribution in [0.5, 0.6) is 5.75 Å². The van der Waals surface area contributed by atoms with Gasteiger partial charge in [0.25, 0.3) is 5.91 Å². The summed E-state index contributed by atoms with van der Waals surface area (Å²) in [6.45, 7) is 0.562. The fourth-order valence-electron chi connectivity index (χ4n) is 3.50. The van der Waals surface area contributed by atoms with E-state index in [0.717, 1.165) is 16.9 Å². The lowest BCUT2D eigenvalue weighted by atomic mass is 10.1. The fraction of sp³-hybridized carbons (Fsp3) is 0.259. The van der Waals surface area contributed by atoms with Crippen molar-refractivity contribution in [3.63, 3.8) is 0 Å². The molecule has 0 saturated heterocycles. The summed E-state index contributed by atoms with van der Waals surface area (Å²) >= 11 is 0. The minimum Gasteiger partial charge on any atom is -0.489 e. The second-order valence-corrected chi connectivity index (χ2v) is 7.83. The third-order valence-electron chi connectivity index (χ3n) is 5.37. The molecule has 0 radical (unpaired) electrons. The van der Waals surface area contributed by atoms with E-state index in [4.69, 9.17) is 15.6 Å². The van der Waals surface area contributed by atoms with Gasteiger partial charge in [-0.2, -0.15) is 0 Å². The molecule has 0 bridgehead atoms. The van der Waals surface area contributed by atoms with E-state index >= 15 is 0 Å². The normalized spacial score (nSPS) is 14.6. The van der Waals surface area contributed by atoms with Gasteiger partial charge in [0.05, 0.1) is 7.63 Å². The summed E-state index contributed by atoms with van der Waals surface area (Å²) in [7, 11) is 0. The van der Waals surface area contributed by atoms with Crippen molar-refractivity contribution in [2.24, 2.45) is 0 Å². The van der Waals surface area contributed by atoms with Crippen LogP contribution in [0, 0.1) is 0 Å². The summed E-state index contributed by atoms with van der Waals surface area (Å²) in [4.78, 5) is 25.6. The van der Waals surface area contributed by atoms with Gasteiger partial charge in [0.1, 0.15) is 18.1 Å². The number of para-hydroxylation sites is 1. The molecular formula is C27H27NO5. The maximum Gasteiger partial charge on any atom is 0.303 e. The van der Waals surface area contributed by atoms with Crippen LogP contribution in [0.2, 0.25) is 0 Å². The molecule has 0 aliphatic heterocycles. The van der Waals surface area contributed by atoms with Gasteiger partial charge in [0.2, 0.25) is 0 Å². The molecule has 1 aromatic heterocycles. The molecule has 1 saturated carbocycles. The van der Waals surface area contributed by atoms with E-state index in [1.165, 1.54) is 0 Å². The van der Waals surface area contributed by atoms with Crippen LogP contribution < -0.4 is 4.74 Å². The topological polar surface area (TPSA) is 80.0 Å². The number of allylic oxidation sites excluding steroid dienone is 1. The Balaban J connectivity index is 1.46. The Bertz CT molecular complexity index is 1150. The summed E-state index contributed by atoms with van der Waals surface area (Å²) < 4.78 is 20.0. The molecule has 1 N–H and O–H groups in total. The molecule has 1 fully saturated rings. The number of aliphatic carboxylic acids is 1. The van der Waals surface area contributed by atoms with E-state index in [2.05, 4.69) is 0 Å². The van der Waals surface area contributed by atoms with Crippen LogP contribution >= 0.6 is 0 Å². The Morgan fingerprint density at radius 2 is 1.88 bits per heavy atom. The first kappa shape index (κ1) is 21.1. The Hall–Kier alpha value is -3.80. The van der Waals surface area contributed by atoms with Crippen LogP contribution in [-0.4, -0.2) is 34.5 Å². The highest BCUT2D eigenvalue weighted by Crippen LogP contribution is 2.32. The minimum absolute atomic E-state index is 0.0816. The number of nitrogens with zero attached hydrogens (tertiary/aromatic N) is 1. The average Bonchev–Trinajstić information content (AvgIpc) is 3.35. The van der Waals surface area contributed by atoms with Gasteiger partial charge in [-0.05, 0) is 49.6 Å². The van der Waals surface area contributed by atoms with E-state index in [1.54, 1.807) is 35.4 Å². The van der Waals surface area contributed by atoms with E-state index in [-0.39, 0.29) is 18.9 Å². The summed E-state index contributed by atoms with van der Waals surface area (Å²) in [5.41, 5.74) is 2.23. The quantitative estimate of drug-likeness (QED) is 0.391. The molecule has 1 heterocycles. The highest BCUT2D eigenvalue weighted by atomic mass is 16.5. The highest BCUT2D eigenvalue weighted by Gasteiger charge is 2.33. The molecule has 33 heavy (non-hydrogen) atoms. The molecule has 1 aliphatic carbocycles. The predicted octanol–water partition coefficient (Wildman–Crippen LogP) is 5.55. The molecule has 6 nitrogen and oxygen atoms in total. The van der Waals surface area contributed by atoms with E-state index in [0.29, 0.717) is 37.2 Å². The van der Waals surface area contributed by atoms with Gasteiger partial charge in [-0.3, -0.25) is 9.59 Å². The number of furan rings is 1. The lowest BCUT2D eigenvalue weighted by Gasteiger charge is -2.24. The minimum atomic E-state index is -0.916. The number of hydrogen-bond acceptors (Lipinski definition) is 4. The first-order valence-corrected chi connectivity index (χ1v) is 11.0. The number of carbonyl (C=O) groups is 2. The van der Waals surface area contributed by atoms with Crippen molar-refractivity contribution in [3.8, 4) is 17.1 Å². The van der Waals surface area contributed by atoms with Crippen molar-refractivity contribution >= 4 is 11.9 Å². The zero-order valence-electron chi connectivity index (χ0n) is 19.3. The third-order valence-corrected chi connectivity index (χ3v) is 5.37. The number of amides is 1. The molecule has 0 atom stereocenters. The predicted molar refractivity (Wildman–Crippen MR) is 125 cm³/mol. The summed E-state index contributed by atoms with van der Waals surface area (Å²) in [5, 5.41) is 8.71. The van der Waals surface area contributed by atoms with Crippen molar-refractivity contribution in [2.45, 2.75) is 38.2 Å². The van der Waals surface area contributed by atoms with Crippen molar-refractivity contribution in [2.75, 3.05) is 6.61 Å². The van der Waals surface area contributed by atoms with Gasteiger partial charge in [-0.1, -0.05) is 42.5 Å². The first-order chi connectivity index (χ1) is 16.5. The van der Waals surface area contributed by atoms with Crippen LogP contribution in [0.25, 0.3) is 11.3 Å². The van der Waals surface area contributed by atoms with Crippen LogP contribution in [0.4, 0.5) is 0 Å². The molecule has 0 unspecified atom stereocenters. The van der Waals surface area contributed by atoms with Gasteiger partial charge < -0.3 is 19.2 Å². The zero-order valence-corrected chi connectivity index (χ0v) is 18.3. The number of ether oxygens (including phenoxy) is 1. The van der Waals surface area contributed by atoms with E-state index in [1.807, 2.05) is 48.5 Å². The lowest BCUT2D eigenvalue weighted by Crippen LogP contribution is -2.32. The van der Waals surface area contributed by atoms with Crippen molar-refractivity contribution in [1.82, 2.24) is 4.90 Å². The van der Waals surface area contributed by atoms with E-state index < -0.39 is 12.0 Å². The summed E-state index contributed by atoms with van der Waals surface area (Å²) in [5.74, 6) is 0.348. The average molecular weight is 447 g/mol. The maximum absolute atomic E-state index is 13.4. The smallest absolute Gasteiger partial charge is 0.303 e. The van der Waals surface area contributed by atoms with Crippen molar-refractivity contribution in [1.29, 1.82) is 0 Å². The molecule has 6 heteroatoms. The molecular weight excluding hydrogens is 418 g/mol. The Morgan fingerprint density at radius 3 is 2.58 bits per heavy atom. The Morgan fingerprint density at radius 1 is 1.09 bits per heavy atom. The molecule has 170 valence electrons. The number of rotatable bonds is 11. The van der Waals surface area contributed by atoms with Crippen molar-refractivity contribution in [3.05, 3.63) is 90.2 Å². The Labute approximate surface area is 194 Å². The number of hydrogen-bond donors (Lipinski definition) is 1. The van der Waals surface area contributed by atoms with Crippen LogP contribution in [0.3, 0.4) is 0 Å². The maximum atomic E-state index is 13.4. The van der Waals surface area contributed by atoms with Gasteiger partial charge >= 0.3 is 5.97 Å². The zero-order chi connectivity index (χ0) is 24.0. The molecule has 2 aromatic carbocycles. The summed E-state index contributed by atoms with van der Waals surface area (Å²) in [6.07, 6.45) is 6.98. The summed E-state index contributed by atoms with van der Waals surface area (Å²) in [6, 6.07) is 17.5. The fourth-order valence-corrected chi connectivity index (χ4v) is 3.50. The van der Waals surface area contributed by atoms with Gasteiger partial charge in [0.15, 0.2) is 0 Å². The molecule has 3 aromatic rings. The highest BCUT2D eigenvalue weighted by molar-refractivity contribution is 5.95. The monoisotopic (exact) mass is 446 g/mol. The molecule has 1 aliphatic rings. The van der Waals surface area contributed by atoms with Gasteiger partial charge in [0, 0.05) is 35.7 Å². The number of carbonyl (C=O) groups excluding carboxylic acids is 1. The molecule has 0 spiro atoms. The van der Waals surface area contributed by atoms with Gasteiger partial charge in [-0.25, -0.2) is 0 Å². The van der Waals surface area contributed by atoms with Gasteiger partial charge in [-0.15, -0.1) is 0 Å². The number of carboxylic acids is 1. The molecule has 4 rings (SSSR count). The standard InChI is InChI=1S/C27H27NO5/c29-26(30)10-2-1-5-17-32-25-8-4-3-7-22(25)19-28(23-15-16-23)27(31)21-13-11-20(12-14-21)24-9-6-18-33-24/h1,3-9,11-14,18,23H,2,10,15-17,19H2,(H,29,30)/b5-1+/i23D. The first-order valence-electron chi connectivity index (χ1n) is 11.5. The van der Waals surface area contributed by atoms with Crippen LogP contribution in [-0.2, 0) is 11.3 Å².